The van der Waals surface area contributed by atoms with Gasteiger partial charge in [-0.25, -0.2) is 4.79 Å². The third kappa shape index (κ3) is 8.05. The summed E-state index contributed by atoms with van der Waals surface area (Å²) in [5.41, 5.74) is 6.12. The number of amides is 1. The van der Waals surface area contributed by atoms with E-state index in [1.165, 1.54) is 77.2 Å². The lowest BCUT2D eigenvalue weighted by atomic mass is 9.82. The highest BCUT2D eigenvalue weighted by Crippen LogP contribution is 2.36. The molecule has 2 saturated heterocycles. The van der Waals surface area contributed by atoms with Gasteiger partial charge in [0.1, 0.15) is 17.6 Å². The SMILES string of the molecule is COc1ccc(OC)c(NC(=O)OC2CC3CCCC(C2)N3CCCCCCCCCCN)c1. The van der Waals surface area contributed by atoms with Crippen LogP contribution in [0.1, 0.15) is 83.5 Å². The molecular weight excluding hydrogens is 430 g/mol. The number of rotatable bonds is 14. The van der Waals surface area contributed by atoms with E-state index in [-0.39, 0.29) is 6.10 Å². The van der Waals surface area contributed by atoms with E-state index in [0.29, 0.717) is 29.3 Å². The smallest absolute Gasteiger partial charge is 0.412 e. The van der Waals surface area contributed by atoms with Crippen LogP contribution in [0.25, 0.3) is 0 Å². The monoisotopic (exact) mass is 475 g/mol. The Kier molecular flexibility index (Phi) is 11.3. The van der Waals surface area contributed by atoms with Gasteiger partial charge >= 0.3 is 6.09 Å². The lowest BCUT2D eigenvalue weighted by Crippen LogP contribution is -2.54. The van der Waals surface area contributed by atoms with Crippen molar-refractivity contribution in [3.63, 3.8) is 0 Å². The second kappa shape index (κ2) is 14.4. The standard InChI is InChI=1S/C27H45N3O4/c1-32-23-14-15-26(33-2)25(20-23)29-27(31)34-24-18-21-12-11-13-22(19-24)30(21)17-10-8-6-4-3-5-7-9-16-28/h14-15,20-22,24H,3-13,16-19,28H2,1-2H3,(H,29,31). The first kappa shape index (κ1) is 26.6. The van der Waals surface area contributed by atoms with Crippen molar-refractivity contribution < 1.29 is 19.0 Å². The zero-order valence-corrected chi connectivity index (χ0v) is 21.2. The maximum Gasteiger partial charge on any atom is 0.412 e. The zero-order chi connectivity index (χ0) is 24.2. The molecule has 0 aromatic heterocycles. The van der Waals surface area contributed by atoms with Crippen LogP contribution >= 0.6 is 0 Å². The molecule has 7 heteroatoms. The van der Waals surface area contributed by atoms with Crippen LogP contribution in [-0.2, 0) is 4.74 Å². The van der Waals surface area contributed by atoms with Crippen LogP contribution in [0, 0.1) is 0 Å². The Hall–Kier alpha value is -1.99. The molecular formula is C27H45N3O4. The fourth-order valence-corrected chi connectivity index (χ4v) is 5.59. The van der Waals surface area contributed by atoms with Crippen LogP contribution in [0.3, 0.4) is 0 Å². The molecule has 3 N–H and O–H groups in total. The summed E-state index contributed by atoms with van der Waals surface area (Å²) in [6.45, 7) is 2.01. The highest BCUT2D eigenvalue weighted by Gasteiger charge is 2.39. The van der Waals surface area contributed by atoms with Crippen molar-refractivity contribution in [2.24, 2.45) is 5.73 Å². The van der Waals surface area contributed by atoms with Crippen molar-refractivity contribution in [3.8, 4) is 11.5 Å². The molecule has 2 bridgehead atoms. The van der Waals surface area contributed by atoms with Crippen LogP contribution in [0.2, 0.25) is 0 Å². The van der Waals surface area contributed by atoms with Gasteiger partial charge in [-0.05, 0) is 50.9 Å². The summed E-state index contributed by atoms with van der Waals surface area (Å²) in [7, 11) is 3.18. The number of benzene rings is 1. The molecule has 0 aliphatic carbocycles. The number of hydrogen-bond donors (Lipinski definition) is 2. The van der Waals surface area contributed by atoms with Crippen LogP contribution in [0.5, 0.6) is 11.5 Å². The number of nitrogens with one attached hydrogen (secondary N) is 1. The van der Waals surface area contributed by atoms with Crippen LogP contribution in [-0.4, -0.2) is 56.5 Å². The second-order valence-corrected chi connectivity index (χ2v) is 9.78. The Morgan fingerprint density at radius 3 is 2.24 bits per heavy atom. The average molecular weight is 476 g/mol. The van der Waals surface area contributed by atoms with Crippen molar-refractivity contribution in [2.45, 2.75) is 102 Å². The van der Waals surface area contributed by atoms with Crippen molar-refractivity contribution in [2.75, 3.05) is 32.6 Å². The molecule has 3 rings (SSSR count). The molecule has 0 spiro atoms. The number of carbonyl (C=O) groups is 1. The van der Waals surface area contributed by atoms with E-state index >= 15 is 0 Å². The molecule has 7 nitrogen and oxygen atoms in total. The Morgan fingerprint density at radius 2 is 1.62 bits per heavy atom. The van der Waals surface area contributed by atoms with E-state index in [4.69, 9.17) is 19.9 Å². The quantitative estimate of drug-likeness (QED) is 0.335. The van der Waals surface area contributed by atoms with Crippen LogP contribution < -0.4 is 20.5 Å². The summed E-state index contributed by atoms with van der Waals surface area (Å²) < 4.78 is 16.5. The van der Waals surface area contributed by atoms with E-state index in [0.717, 1.165) is 19.4 Å². The van der Waals surface area contributed by atoms with Gasteiger partial charge < -0.3 is 19.9 Å². The van der Waals surface area contributed by atoms with Gasteiger partial charge in [0.15, 0.2) is 0 Å². The lowest BCUT2D eigenvalue weighted by molar-refractivity contribution is -0.0308. The van der Waals surface area contributed by atoms with Crippen LogP contribution in [0.15, 0.2) is 18.2 Å². The third-order valence-electron chi connectivity index (χ3n) is 7.37. The molecule has 1 aromatic rings. The minimum absolute atomic E-state index is 0.0309. The number of carbonyl (C=O) groups excluding carboxylic acids is 1. The number of ether oxygens (including phenoxy) is 3. The fraction of sp³-hybridized carbons (Fsp3) is 0.741. The highest BCUT2D eigenvalue weighted by atomic mass is 16.6. The van der Waals surface area contributed by atoms with E-state index in [2.05, 4.69) is 10.2 Å². The maximum atomic E-state index is 12.7. The van der Waals surface area contributed by atoms with Gasteiger partial charge in [0, 0.05) is 31.0 Å². The molecule has 34 heavy (non-hydrogen) atoms. The number of nitrogens with zero attached hydrogens (tertiary/aromatic N) is 1. The number of fused-ring (bicyclic) bond motifs is 2. The highest BCUT2D eigenvalue weighted by molar-refractivity contribution is 5.87. The number of unbranched alkanes of at least 4 members (excludes halogenated alkanes) is 7. The Labute approximate surface area is 205 Å². The molecule has 2 unspecified atom stereocenters. The summed E-state index contributed by atoms with van der Waals surface area (Å²) in [5, 5.41) is 2.84. The summed E-state index contributed by atoms with van der Waals surface area (Å²) in [6, 6.07) is 6.40. The first-order valence-electron chi connectivity index (χ1n) is 13.3. The molecule has 2 fully saturated rings. The molecule has 1 amide bonds. The number of hydrogen-bond acceptors (Lipinski definition) is 6. The van der Waals surface area contributed by atoms with E-state index in [1.807, 2.05) is 0 Å². The third-order valence-corrected chi connectivity index (χ3v) is 7.37. The molecule has 192 valence electrons. The first-order chi connectivity index (χ1) is 16.6. The number of nitrogens with two attached hydrogens (primary N) is 1. The van der Waals surface area contributed by atoms with Crippen molar-refractivity contribution in [1.82, 2.24) is 4.90 Å². The van der Waals surface area contributed by atoms with Gasteiger partial charge in [0.05, 0.1) is 19.9 Å². The Morgan fingerprint density at radius 1 is 0.971 bits per heavy atom. The summed E-state index contributed by atoms with van der Waals surface area (Å²) in [5.74, 6) is 1.24. The van der Waals surface area contributed by atoms with E-state index in [9.17, 15) is 4.79 Å². The molecule has 2 aliphatic heterocycles. The van der Waals surface area contributed by atoms with E-state index < -0.39 is 6.09 Å². The lowest BCUT2D eigenvalue weighted by Gasteiger charge is -2.48. The maximum absolute atomic E-state index is 12.7. The van der Waals surface area contributed by atoms with Crippen molar-refractivity contribution in [3.05, 3.63) is 18.2 Å². The summed E-state index contributed by atoms with van der Waals surface area (Å²) in [6.07, 6.45) is 15.5. The predicted octanol–water partition coefficient (Wildman–Crippen LogP) is 5.72. The molecule has 2 heterocycles. The number of piperidine rings is 2. The van der Waals surface area contributed by atoms with Gasteiger partial charge in [-0.2, -0.15) is 0 Å². The molecule has 1 aromatic carbocycles. The molecule has 2 atom stereocenters. The minimum Gasteiger partial charge on any atom is -0.497 e. The average Bonchev–Trinajstić information content (AvgIpc) is 2.83. The van der Waals surface area contributed by atoms with Gasteiger partial charge in [-0.3, -0.25) is 10.2 Å². The summed E-state index contributed by atoms with van der Waals surface area (Å²) in [4.78, 5) is 15.4. The zero-order valence-electron chi connectivity index (χ0n) is 21.2. The Balaban J connectivity index is 1.40. The predicted molar refractivity (Wildman–Crippen MR) is 137 cm³/mol. The van der Waals surface area contributed by atoms with Crippen LogP contribution in [0.4, 0.5) is 10.5 Å². The number of methoxy groups -OCH3 is 2. The van der Waals surface area contributed by atoms with Gasteiger partial charge in [0.25, 0.3) is 0 Å². The summed E-state index contributed by atoms with van der Waals surface area (Å²) >= 11 is 0. The molecule has 0 saturated carbocycles. The second-order valence-electron chi connectivity index (χ2n) is 9.78. The number of anilines is 1. The van der Waals surface area contributed by atoms with Gasteiger partial charge in [-0.1, -0.05) is 44.9 Å². The van der Waals surface area contributed by atoms with Gasteiger partial charge in [-0.15, -0.1) is 0 Å². The topological polar surface area (TPSA) is 86.1 Å². The van der Waals surface area contributed by atoms with Crippen molar-refractivity contribution in [1.29, 1.82) is 0 Å². The molecule has 2 aliphatic rings. The normalized spacial score (nSPS) is 22.3. The largest absolute Gasteiger partial charge is 0.497 e. The first-order valence-corrected chi connectivity index (χ1v) is 13.3. The molecule has 0 radical (unpaired) electrons. The van der Waals surface area contributed by atoms with E-state index in [1.54, 1.807) is 32.4 Å². The Bertz CT molecular complexity index is 731. The van der Waals surface area contributed by atoms with Gasteiger partial charge in [0.2, 0.25) is 0 Å². The minimum atomic E-state index is -0.422. The fourth-order valence-electron chi connectivity index (χ4n) is 5.59. The van der Waals surface area contributed by atoms with Crippen molar-refractivity contribution >= 4 is 11.8 Å².